The van der Waals surface area contributed by atoms with Gasteiger partial charge in [-0.25, -0.2) is 14.2 Å². The average molecular weight is 428 g/mol. The maximum Gasteiger partial charge on any atom is 0.414 e. The van der Waals surface area contributed by atoms with Crippen LogP contribution < -0.4 is 15.1 Å². The Balaban J connectivity index is 1.53. The van der Waals surface area contributed by atoms with Crippen LogP contribution in [0.3, 0.4) is 0 Å². The SMILES string of the molecule is CC(=O)NC[C@H]1CN(c2ccc(-c3cnc4c(c3)CCN4C(=O)CO)c(F)c2)C(=O)O1. The van der Waals surface area contributed by atoms with Gasteiger partial charge in [0.25, 0.3) is 5.91 Å². The molecule has 9 nitrogen and oxygen atoms in total. The second-order valence-electron chi connectivity index (χ2n) is 7.38. The number of nitrogens with zero attached hydrogens (tertiary/aromatic N) is 3. The number of benzene rings is 1. The van der Waals surface area contributed by atoms with E-state index in [1.807, 2.05) is 0 Å². The van der Waals surface area contributed by atoms with Gasteiger partial charge in [0.15, 0.2) is 0 Å². The van der Waals surface area contributed by atoms with Gasteiger partial charge in [-0.2, -0.15) is 0 Å². The Bertz CT molecular complexity index is 1060. The number of hydrogen-bond acceptors (Lipinski definition) is 6. The molecule has 10 heteroatoms. The molecule has 31 heavy (non-hydrogen) atoms. The van der Waals surface area contributed by atoms with E-state index in [1.165, 1.54) is 29.0 Å². The second kappa shape index (κ2) is 8.31. The van der Waals surface area contributed by atoms with Crippen LogP contribution >= 0.6 is 0 Å². The molecule has 0 spiro atoms. The minimum Gasteiger partial charge on any atom is -0.442 e. The number of aliphatic hydroxyl groups excluding tert-OH is 1. The fourth-order valence-corrected chi connectivity index (χ4v) is 3.75. The zero-order valence-electron chi connectivity index (χ0n) is 16.8. The van der Waals surface area contributed by atoms with Gasteiger partial charge in [0.05, 0.1) is 18.8 Å². The van der Waals surface area contributed by atoms with Gasteiger partial charge < -0.3 is 15.2 Å². The van der Waals surface area contributed by atoms with Crippen molar-refractivity contribution in [3.05, 3.63) is 41.8 Å². The Kier molecular flexibility index (Phi) is 5.55. The Morgan fingerprint density at radius 1 is 1.35 bits per heavy atom. The summed E-state index contributed by atoms with van der Waals surface area (Å²) in [6, 6.07) is 6.22. The summed E-state index contributed by atoms with van der Waals surface area (Å²) in [7, 11) is 0. The van der Waals surface area contributed by atoms with Crippen LogP contribution in [0.1, 0.15) is 12.5 Å². The molecule has 1 saturated heterocycles. The number of fused-ring (bicyclic) bond motifs is 1. The molecule has 1 aromatic carbocycles. The Hall–Kier alpha value is -3.53. The lowest BCUT2D eigenvalue weighted by Gasteiger charge is -2.16. The number of carbonyl (C=O) groups excluding carboxylic acids is 3. The van der Waals surface area contributed by atoms with Crippen LogP contribution in [0, 0.1) is 5.82 Å². The largest absolute Gasteiger partial charge is 0.442 e. The summed E-state index contributed by atoms with van der Waals surface area (Å²) in [6.45, 7) is 1.59. The predicted molar refractivity (Wildman–Crippen MR) is 109 cm³/mol. The van der Waals surface area contributed by atoms with Gasteiger partial charge in [-0.05, 0) is 36.2 Å². The van der Waals surface area contributed by atoms with E-state index in [0.29, 0.717) is 35.6 Å². The summed E-state index contributed by atoms with van der Waals surface area (Å²) >= 11 is 0. The third kappa shape index (κ3) is 4.06. The second-order valence-corrected chi connectivity index (χ2v) is 7.38. The van der Waals surface area contributed by atoms with Crippen molar-refractivity contribution in [3.63, 3.8) is 0 Å². The topological polar surface area (TPSA) is 112 Å². The number of cyclic esters (lactones) is 1. The smallest absolute Gasteiger partial charge is 0.414 e. The lowest BCUT2D eigenvalue weighted by Crippen LogP contribution is -2.33. The number of nitrogens with one attached hydrogen (secondary N) is 1. The van der Waals surface area contributed by atoms with Gasteiger partial charge in [-0.15, -0.1) is 0 Å². The van der Waals surface area contributed by atoms with Crippen molar-refractivity contribution in [2.24, 2.45) is 0 Å². The molecule has 1 aromatic heterocycles. The molecule has 4 rings (SSSR count). The fourth-order valence-electron chi connectivity index (χ4n) is 3.75. The summed E-state index contributed by atoms with van der Waals surface area (Å²) in [5.74, 6) is -0.705. The third-order valence-corrected chi connectivity index (χ3v) is 5.27. The third-order valence-electron chi connectivity index (χ3n) is 5.27. The molecule has 162 valence electrons. The Labute approximate surface area is 177 Å². The molecule has 3 heterocycles. The molecule has 1 fully saturated rings. The van der Waals surface area contributed by atoms with Crippen LogP contribution in [0.5, 0.6) is 0 Å². The van der Waals surface area contributed by atoms with Crippen LogP contribution in [0.4, 0.5) is 20.7 Å². The van der Waals surface area contributed by atoms with Gasteiger partial charge >= 0.3 is 6.09 Å². The molecule has 2 aliphatic rings. The first-order chi connectivity index (χ1) is 14.9. The standard InChI is InChI=1S/C21H21FN4O5/c1-12(28)23-9-16-10-26(21(30)31-16)15-2-3-17(18(22)7-15)14-6-13-4-5-25(19(29)11-27)20(13)24-8-14/h2-3,6-8,16,27H,4-5,9-11H2,1H3,(H,23,28)/t16-/m0/s1. The molecule has 0 saturated carbocycles. The zero-order valence-corrected chi connectivity index (χ0v) is 16.8. The van der Waals surface area contributed by atoms with Gasteiger partial charge in [0.2, 0.25) is 5.91 Å². The first kappa shape index (κ1) is 20.7. The van der Waals surface area contributed by atoms with Crippen LogP contribution in [0.15, 0.2) is 30.5 Å². The monoisotopic (exact) mass is 428 g/mol. The van der Waals surface area contributed by atoms with Crippen LogP contribution in [0.2, 0.25) is 0 Å². The average Bonchev–Trinajstić information content (AvgIpc) is 3.34. The van der Waals surface area contributed by atoms with Crippen molar-refractivity contribution < 1.29 is 28.6 Å². The van der Waals surface area contributed by atoms with E-state index in [0.717, 1.165) is 5.56 Å². The van der Waals surface area contributed by atoms with Crippen molar-refractivity contribution in [1.29, 1.82) is 0 Å². The van der Waals surface area contributed by atoms with Crippen LogP contribution in [0.25, 0.3) is 11.1 Å². The highest BCUT2D eigenvalue weighted by atomic mass is 19.1. The molecule has 2 aliphatic heterocycles. The molecule has 0 unspecified atom stereocenters. The number of pyridine rings is 1. The highest BCUT2D eigenvalue weighted by molar-refractivity contribution is 5.95. The van der Waals surface area contributed by atoms with Gasteiger partial charge in [-0.1, -0.05) is 0 Å². The summed E-state index contributed by atoms with van der Waals surface area (Å²) in [5, 5.41) is 11.7. The van der Waals surface area contributed by atoms with Gasteiger partial charge in [0, 0.05) is 30.8 Å². The number of aromatic nitrogens is 1. The van der Waals surface area contributed by atoms with E-state index < -0.39 is 30.5 Å². The van der Waals surface area contributed by atoms with E-state index in [-0.39, 0.29) is 19.0 Å². The van der Waals surface area contributed by atoms with Crippen molar-refractivity contribution in [2.75, 3.05) is 36.0 Å². The molecule has 0 aliphatic carbocycles. The Morgan fingerprint density at radius 2 is 2.16 bits per heavy atom. The van der Waals surface area contributed by atoms with E-state index in [9.17, 15) is 18.8 Å². The molecule has 3 amide bonds. The number of hydrogen-bond donors (Lipinski definition) is 2. The van der Waals surface area contributed by atoms with Gasteiger partial charge in [0.1, 0.15) is 24.3 Å². The van der Waals surface area contributed by atoms with Crippen molar-refractivity contribution in [3.8, 4) is 11.1 Å². The Morgan fingerprint density at radius 3 is 2.87 bits per heavy atom. The maximum absolute atomic E-state index is 14.9. The summed E-state index contributed by atoms with van der Waals surface area (Å²) in [5.41, 5.74) is 2.01. The maximum atomic E-state index is 14.9. The number of anilines is 2. The summed E-state index contributed by atoms with van der Waals surface area (Å²) < 4.78 is 20.1. The number of amides is 3. The highest BCUT2D eigenvalue weighted by Crippen LogP contribution is 2.33. The lowest BCUT2D eigenvalue weighted by molar-refractivity contribution is -0.121. The first-order valence-electron chi connectivity index (χ1n) is 9.80. The number of halogens is 1. The van der Waals surface area contributed by atoms with E-state index in [4.69, 9.17) is 9.84 Å². The fraction of sp³-hybridized carbons (Fsp3) is 0.333. The zero-order chi connectivity index (χ0) is 22.1. The molecular formula is C21H21FN4O5. The van der Waals surface area contributed by atoms with E-state index >= 15 is 0 Å². The molecule has 0 radical (unpaired) electrons. The minimum atomic E-state index is -0.602. The molecule has 1 atom stereocenters. The number of rotatable bonds is 5. The quantitative estimate of drug-likeness (QED) is 0.741. The van der Waals surface area contributed by atoms with Crippen LogP contribution in [-0.2, 0) is 20.7 Å². The van der Waals surface area contributed by atoms with Crippen molar-refractivity contribution in [2.45, 2.75) is 19.4 Å². The van der Waals surface area contributed by atoms with Crippen molar-refractivity contribution in [1.82, 2.24) is 10.3 Å². The molecular weight excluding hydrogens is 407 g/mol. The van der Waals surface area contributed by atoms with Crippen molar-refractivity contribution >= 4 is 29.4 Å². The normalized spacial score (nSPS) is 17.5. The summed E-state index contributed by atoms with van der Waals surface area (Å²) in [6.07, 6.45) is 0.935. The van der Waals surface area contributed by atoms with E-state index in [2.05, 4.69) is 10.3 Å². The molecule has 0 bridgehead atoms. The van der Waals surface area contributed by atoms with E-state index in [1.54, 1.807) is 18.2 Å². The first-order valence-corrected chi connectivity index (χ1v) is 9.80. The van der Waals surface area contributed by atoms with Gasteiger partial charge in [-0.3, -0.25) is 19.4 Å². The molecule has 2 N–H and O–H groups in total. The lowest BCUT2D eigenvalue weighted by atomic mass is 10.0. The highest BCUT2D eigenvalue weighted by Gasteiger charge is 2.33. The molecule has 2 aromatic rings. The minimum absolute atomic E-state index is 0.189. The van der Waals surface area contributed by atoms with Crippen LogP contribution in [-0.4, -0.2) is 60.3 Å². The summed E-state index contributed by atoms with van der Waals surface area (Å²) in [4.78, 5) is 42.0. The number of aliphatic hydroxyl groups is 1. The number of carbonyl (C=O) groups is 3. The number of ether oxygens (including phenoxy) is 1. The predicted octanol–water partition coefficient (Wildman–Crippen LogP) is 1.23.